The normalized spacial score (nSPS) is 12.5. The van der Waals surface area contributed by atoms with Crippen LogP contribution in [0.1, 0.15) is 78.4 Å². The maximum absolute atomic E-state index is 12.7. The van der Waals surface area contributed by atoms with E-state index in [4.69, 9.17) is 14.2 Å². The molecule has 0 bridgehead atoms. The fourth-order valence-electron chi connectivity index (χ4n) is 3.69. The zero-order valence-corrected chi connectivity index (χ0v) is 23.5. The van der Waals surface area contributed by atoms with Crippen molar-refractivity contribution in [2.24, 2.45) is 0 Å². The van der Waals surface area contributed by atoms with Gasteiger partial charge in [0.2, 0.25) is 10.0 Å². The predicted molar refractivity (Wildman–Crippen MR) is 143 cm³/mol. The van der Waals surface area contributed by atoms with Gasteiger partial charge in [-0.15, -0.1) is 0 Å². The van der Waals surface area contributed by atoms with Crippen LogP contribution in [-0.2, 0) is 20.9 Å². The van der Waals surface area contributed by atoms with Crippen LogP contribution in [0.2, 0.25) is 0 Å². The average molecular weight is 506 g/mol. The third-order valence-corrected chi connectivity index (χ3v) is 8.54. The first-order valence-corrected chi connectivity index (χ1v) is 13.9. The average Bonchev–Trinajstić information content (AvgIpc) is 2.85. The van der Waals surface area contributed by atoms with Crippen LogP contribution in [0.5, 0.6) is 17.2 Å². The van der Waals surface area contributed by atoms with Crippen molar-refractivity contribution in [2.45, 2.75) is 83.0 Å². The summed E-state index contributed by atoms with van der Waals surface area (Å²) < 4.78 is 44.7. The van der Waals surface area contributed by atoms with Gasteiger partial charge in [0.05, 0.1) is 20.8 Å². The van der Waals surface area contributed by atoms with Crippen molar-refractivity contribution in [3.63, 3.8) is 0 Å². The minimum Gasteiger partial charge on any atom is -0.497 e. The number of methoxy groups -OCH3 is 2. The molecule has 2 aromatic carbocycles. The number of sulfonamides is 1. The summed E-state index contributed by atoms with van der Waals surface area (Å²) in [5.41, 5.74) is 2.67. The molecule has 35 heavy (non-hydrogen) atoms. The van der Waals surface area contributed by atoms with Crippen LogP contribution in [0, 0.1) is 0 Å². The monoisotopic (exact) mass is 505 g/mol. The van der Waals surface area contributed by atoms with Crippen LogP contribution in [0.4, 0.5) is 0 Å². The molecule has 0 aliphatic heterocycles. The Kier molecular flexibility index (Phi) is 10.0. The van der Waals surface area contributed by atoms with E-state index in [1.165, 1.54) is 31.4 Å². The lowest BCUT2D eigenvalue weighted by atomic mass is 9.76. The molecule has 0 saturated carbocycles. The zero-order chi connectivity index (χ0) is 26.3. The van der Waals surface area contributed by atoms with Gasteiger partial charge < -0.3 is 14.2 Å². The lowest BCUT2D eigenvalue weighted by Gasteiger charge is -2.30. The molecule has 0 spiro atoms. The van der Waals surface area contributed by atoms with Crippen molar-refractivity contribution in [1.82, 2.24) is 4.72 Å². The van der Waals surface area contributed by atoms with E-state index in [1.807, 2.05) is 0 Å². The first-order chi connectivity index (χ1) is 16.4. The Labute approximate surface area is 212 Å². The number of hydrogen-bond acceptors (Lipinski definition) is 5. The molecular weight excluding hydrogens is 462 g/mol. The quantitative estimate of drug-likeness (QED) is 0.309. The molecular formula is C28H43NO5S. The highest BCUT2D eigenvalue weighted by atomic mass is 32.2. The van der Waals surface area contributed by atoms with Crippen molar-refractivity contribution in [2.75, 3.05) is 27.4 Å². The number of nitrogens with one attached hydrogen (secondary N) is 1. The van der Waals surface area contributed by atoms with Crippen LogP contribution in [0.3, 0.4) is 0 Å². The van der Waals surface area contributed by atoms with E-state index in [2.05, 4.69) is 64.5 Å². The Morgan fingerprint density at radius 1 is 0.829 bits per heavy atom. The van der Waals surface area contributed by atoms with E-state index in [0.29, 0.717) is 25.3 Å². The SMILES string of the molecule is CCC(C)(C)c1ccc(OCCCCNS(=O)(=O)c2ccc(OC)cc2OC)c(C(C)(C)CC)c1. The molecule has 0 heterocycles. The topological polar surface area (TPSA) is 73.9 Å². The molecule has 7 heteroatoms. The summed E-state index contributed by atoms with van der Waals surface area (Å²) in [6, 6.07) is 11.2. The van der Waals surface area contributed by atoms with Gasteiger partial charge in [0.15, 0.2) is 0 Å². The second-order valence-corrected chi connectivity index (χ2v) is 11.9. The molecule has 0 amide bonds. The minimum absolute atomic E-state index is 0.00220. The summed E-state index contributed by atoms with van der Waals surface area (Å²) >= 11 is 0. The minimum atomic E-state index is -3.69. The molecule has 0 aromatic heterocycles. The Morgan fingerprint density at radius 2 is 1.51 bits per heavy atom. The van der Waals surface area contributed by atoms with Crippen LogP contribution in [0.25, 0.3) is 0 Å². The lowest BCUT2D eigenvalue weighted by Crippen LogP contribution is -2.25. The van der Waals surface area contributed by atoms with E-state index in [1.54, 1.807) is 12.1 Å². The fraction of sp³-hybridized carbons (Fsp3) is 0.571. The van der Waals surface area contributed by atoms with Gasteiger partial charge in [0, 0.05) is 18.2 Å². The van der Waals surface area contributed by atoms with Gasteiger partial charge in [-0.3, -0.25) is 0 Å². The first-order valence-electron chi connectivity index (χ1n) is 12.4. The van der Waals surface area contributed by atoms with E-state index in [9.17, 15) is 8.42 Å². The van der Waals surface area contributed by atoms with Crippen LogP contribution in [0.15, 0.2) is 41.3 Å². The summed E-state index contributed by atoms with van der Waals surface area (Å²) in [4.78, 5) is 0.0959. The van der Waals surface area contributed by atoms with E-state index in [0.717, 1.165) is 25.0 Å². The van der Waals surface area contributed by atoms with Crippen molar-refractivity contribution < 1.29 is 22.6 Å². The molecule has 2 aromatic rings. The molecule has 0 unspecified atom stereocenters. The maximum atomic E-state index is 12.7. The van der Waals surface area contributed by atoms with Gasteiger partial charge in [0.25, 0.3) is 0 Å². The highest BCUT2D eigenvalue weighted by Gasteiger charge is 2.26. The highest BCUT2D eigenvalue weighted by molar-refractivity contribution is 7.89. The van der Waals surface area contributed by atoms with Crippen molar-refractivity contribution in [1.29, 1.82) is 0 Å². The third-order valence-electron chi connectivity index (χ3n) is 7.04. The highest BCUT2D eigenvalue weighted by Crippen LogP contribution is 2.38. The van der Waals surface area contributed by atoms with Crippen LogP contribution < -0.4 is 18.9 Å². The zero-order valence-electron chi connectivity index (χ0n) is 22.7. The Balaban J connectivity index is 1.99. The standard InChI is InChI=1S/C28H43NO5S/c1-9-27(3,4)21-13-15-24(23(19-21)28(5,6)10-2)34-18-12-11-17-29-35(30,31)26-16-14-22(32-7)20-25(26)33-8/h13-16,19-20,29H,9-12,17-18H2,1-8H3. The van der Waals surface area contributed by atoms with E-state index in [-0.39, 0.29) is 21.5 Å². The number of rotatable bonds is 14. The third kappa shape index (κ3) is 7.37. The summed E-state index contributed by atoms with van der Waals surface area (Å²) in [6.45, 7) is 14.3. The molecule has 0 aliphatic carbocycles. The summed E-state index contributed by atoms with van der Waals surface area (Å²) in [5.74, 6) is 1.70. The number of ether oxygens (including phenoxy) is 3. The lowest BCUT2D eigenvalue weighted by molar-refractivity contribution is 0.296. The van der Waals surface area contributed by atoms with Gasteiger partial charge in [-0.05, 0) is 60.3 Å². The van der Waals surface area contributed by atoms with Gasteiger partial charge >= 0.3 is 0 Å². The molecule has 196 valence electrons. The molecule has 0 radical (unpaired) electrons. The second-order valence-electron chi connectivity index (χ2n) is 10.2. The molecule has 0 aliphatic rings. The van der Waals surface area contributed by atoms with E-state index < -0.39 is 10.0 Å². The van der Waals surface area contributed by atoms with Crippen LogP contribution >= 0.6 is 0 Å². The van der Waals surface area contributed by atoms with Crippen LogP contribution in [-0.4, -0.2) is 35.8 Å². The second kappa shape index (κ2) is 12.1. The molecule has 0 fully saturated rings. The smallest absolute Gasteiger partial charge is 0.244 e. The molecule has 6 nitrogen and oxygen atoms in total. The summed E-state index contributed by atoms with van der Waals surface area (Å²) in [5, 5.41) is 0. The predicted octanol–water partition coefficient (Wildman–Crippen LogP) is 6.22. The van der Waals surface area contributed by atoms with Crippen molar-refractivity contribution in [3.8, 4) is 17.2 Å². The van der Waals surface area contributed by atoms with Gasteiger partial charge in [-0.2, -0.15) is 0 Å². The molecule has 1 N–H and O–H groups in total. The largest absolute Gasteiger partial charge is 0.497 e. The summed E-state index contributed by atoms with van der Waals surface area (Å²) in [7, 11) is -0.726. The fourth-order valence-corrected chi connectivity index (χ4v) is 4.91. The van der Waals surface area contributed by atoms with E-state index >= 15 is 0 Å². The Hall–Kier alpha value is -2.25. The number of benzene rings is 2. The summed E-state index contributed by atoms with van der Waals surface area (Å²) in [6.07, 6.45) is 3.47. The van der Waals surface area contributed by atoms with Gasteiger partial charge in [0.1, 0.15) is 22.1 Å². The number of hydrogen-bond donors (Lipinski definition) is 1. The Bertz CT molecular complexity index is 1080. The molecule has 2 rings (SSSR count). The number of unbranched alkanes of at least 4 members (excludes halogenated alkanes) is 1. The Morgan fingerprint density at radius 3 is 2.11 bits per heavy atom. The van der Waals surface area contributed by atoms with Crippen molar-refractivity contribution >= 4 is 10.0 Å². The van der Waals surface area contributed by atoms with Gasteiger partial charge in [-0.25, -0.2) is 13.1 Å². The molecule has 0 saturated heterocycles. The first kappa shape index (κ1) is 29.0. The maximum Gasteiger partial charge on any atom is 0.244 e. The molecule has 0 atom stereocenters. The van der Waals surface area contributed by atoms with Gasteiger partial charge in [-0.1, -0.05) is 53.7 Å². The van der Waals surface area contributed by atoms with Crippen molar-refractivity contribution in [3.05, 3.63) is 47.5 Å².